The van der Waals surface area contributed by atoms with Gasteiger partial charge >= 0.3 is 0 Å². The first-order valence-electron chi connectivity index (χ1n) is 7.49. The molecule has 114 valence electrons. The molecule has 0 bridgehead atoms. The largest absolute Gasteiger partial charge is 0.370 e. The molecule has 21 heavy (non-hydrogen) atoms. The summed E-state index contributed by atoms with van der Waals surface area (Å²) >= 11 is 0. The highest BCUT2D eigenvalue weighted by Crippen LogP contribution is 2.05. The van der Waals surface area contributed by atoms with E-state index in [0.29, 0.717) is 18.4 Å². The zero-order valence-electron chi connectivity index (χ0n) is 12.8. The van der Waals surface area contributed by atoms with Gasteiger partial charge in [0.05, 0.1) is 0 Å². The molecule has 0 aliphatic rings. The Morgan fingerprint density at radius 3 is 3.05 bits per heavy atom. The minimum absolute atomic E-state index is 0.529. The van der Waals surface area contributed by atoms with E-state index < -0.39 is 0 Å². The Bertz CT molecular complexity index is 587. The summed E-state index contributed by atoms with van der Waals surface area (Å²) in [4.78, 5) is 4.33. The van der Waals surface area contributed by atoms with Gasteiger partial charge in [-0.3, -0.25) is 9.39 Å². The number of aliphatic imine (C=N–C) groups is 1. The van der Waals surface area contributed by atoms with Crippen molar-refractivity contribution in [3.05, 3.63) is 30.2 Å². The summed E-state index contributed by atoms with van der Waals surface area (Å²) in [5.74, 6) is 2.17. The molecule has 0 radical (unpaired) electrons. The lowest BCUT2D eigenvalue weighted by atomic mass is 10.1. The van der Waals surface area contributed by atoms with Crippen LogP contribution in [-0.2, 0) is 6.42 Å². The van der Waals surface area contributed by atoms with Crippen LogP contribution in [-0.4, -0.2) is 33.6 Å². The molecule has 3 N–H and O–H groups in total. The molecule has 2 heterocycles. The molecule has 0 aliphatic heterocycles. The van der Waals surface area contributed by atoms with E-state index in [4.69, 9.17) is 5.73 Å². The molecular weight excluding hydrogens is 264 g/mol. The Morgan fingerprint density at radius 2 is 2.24 bits per heavy atom. The number of nitrogens with zero attached hydrogens (tertiary/aromatic N) is 4. The van der Waals surface area contributed by atoms with Crippen LogP contribution in [0.15, 0.2) is 29.4 Å². The predicted octanol–water partition coefficient (Wildman–Crippen LogP) is 1.61. The summed E-state index contributed by atoms with van der Waals surface area (Å²) in [6.07, 6.45) is 4.83. The van der Waals surface area contributed by atoms with E-state index in [-0.39, 0.29) is 0 Å². The number of rotatable bonds is 7. The molecule has 0 aliphatic carbocycles. The fourth-order valence-electron chi connectivity index (χ4n) is 2.04. The molecule has 2 rings (SSSR count). The van der Waals surface area contributed by atoms with Gasteiger partial charge in [0, 0.05) is 25.7 Å². The van der Waals surface area contributed by atoms with Gasteiger partial charge in [-0.15, -0.1) is 10.2 Å². The first-order chi connectivity index (χ1) is 10.2. The molecule has 0 unspecified atom stereocenters. The maximum atomic E-state index is 5.82. The third-order valence-corrected chi connectivity index (χ3v) is 3.25. The lowest BCUT2D eigenvalue weighted by Crippen LogP contribution is -2.33. The predicted molar refractivity (Wildman–Crippen MR) is 85.3 cm³/mol. The van der Waals surface area contributed by atoms with Crippen LogP contribution in [0.5, 0.6) is 0 Å². The molecule has 0 saturated carbocycles. The van der Waals surface area contributed by atoms with Crippen molar-refractivity contribution in [1.82, 2.24) is 19.9 Å². The van der Waals surface area contributed by atoms with E-state index in [9.17, 15) is 0 Å². The summed E-state index contributed by atoms with van der Waals surface area (Å²) in [7, 11) is 0. The van der Waals surface area contributed by atoms with Crippen LogP contribution in [0.2, 0.25) is 0 Å². The molecule has 0 spiro atoms. The second kappa shape index (κ2) is 7.61. The van der Waals surface area contributed by atoms with Gasteiger partial charge in [0.1, 0.15) is 5.82 Å². The van der Waals surface area contributed by atoms with Crippen LogP contribution >= 0.6 is 0 Å². The number of aromatic nitrogens is 3. The monoisotopic (exact) mass is 288 g/mol. The zero-order chi connectivity index (χ0) is 15.1. The second-order valence-corrected chi connectivity index (χ2v) is 5.52. The third kappa shape index (κ3) is 4.73. The molecule has 0 aromatic carbocycles. The quantitative estimate of drug-likeness (QED) is 0.461. The SMILES string of the molecule is CC(C)CCNC(N)=NCCCc1nnc2ccccn12. The summed E-state index contributed by atoms with van der Waals surface area (Å²) in [5.41, 5.74) is 6.70. The fourth-order valence-corrected chi connectivity index (χ4v) is 2.04. The molecule has 0 atom stereocenters. The molecule has 0 amide bonds. The highest BCUT2D eigenvalue weighted by molar-refractivity contribution is 5.77. The van der Waals surface area contributed by atoms with Gasteiger partial charge in [0.15, 0.2) is 11.6 Å². The van der Waals surface area contributed by atoms with Gasteiger partial charge in [-0.05, 0) is 30.9 Å². The number of nitrogens with two attached hydrogens (primary N) is 1. The van der Waals surface area contributed by atoms with Crippen molar-refractivity contribution in [2.45, 2.75) is 33.1 Å². The number of aryl methyl sites for hydroxylation is 1. The van der Waals surface area contributed by atoms with E-state index in [1.54, 1.807) is 0 Å². The van der Waals surface area contributed by atoms with Crippen molar-refractivity contribution in [1.29, 1.82) is 0 Å². The van der Waals surface area contributed by atoms with E-state index in [1.807, 2.05) is 28.8 Å². The standard InChI is InChI=1S/C15H24N6/c1-12(2)8-10-18-15(16)17-9-5-7-14-20-19-13-6-3-4-11-21(13)14/h3-4,6,11-12H,5,7-10H2,1-2H3,(H3,16,17,18). The van der Waals surface area contributed by atoms with Crippen LogP contribution in [0.3, 0.4) is 0 Å². The van der Waals surface area contributed by atoms with Gasteiger partial charge in [0.25, 0.3) is 0 Å². The Labute approximate surface area is 125 Å². The number of nitrogens with one attached hydrogen (secondary N) is 1. The van der Waals surface area contributed by atoms with Crippen molar-refractivity contribution in [3.63, 3.8) is 0 Å². The molecule has 6 heteroatoms. The molecule has 6 nitrogen and oxygen atoms in total. The lowest BCUT2D eigenvalue weighted by Gasteiger charge is -2.07. The highest BCUT2D eigenvalue weighted by Gasteiger charge is 2.03. The topological polar surface area (TPSA) is 80.6 Å². The highest BCUT2D eigenvalue weighted by atomic mass is 15.2. The van der Waals surface area contributed by atoms with Crippen molar-refractivity contribution >= 4 is 11.6 Å². The Morgan fingerprint density at radius 1 is 1.38 bits per heavy atom. The summed E-state index contributed by atoms with van der Waals surface area (Å²) in [6.45, 7) is 5.96. The molecule has 2 aromatic rings. The van der Waals surface area contributed by atoms with E-state index in [2.05, 4.69) is 34.4 Å². The number of pyridine rings is 1. The van der Waals surface area contributed by atoms with Crippen LogP contribution in [0.1, 0.15) is 32.5 Å². The average molecular weight is 288 g/mol. The van der Waals surface area contributed by atoms with Gasteiger partial charge in [-0.2, -0.15) is 0 Å². The van der Waals surface area contributed by atoms with E-state index in [0.717, 1.165) is 37.3 Å². The van der Waals surface area contributed by atoms with Crippen molar-refractivity contribution in [2.24, 2.45) is 16.6 Å². The van der Waals surface area contributed by atoms with Crippen LogP contribution in [0.25, 0.3) is 5.65 Å². The third-order valence-electron chi connectivity index (χ3n) is 3.25. The zero-order valence-corrected chi connectivity index (χ0v) is 12.8. The van der Waals surface area contributed by atoms with Gasteiger partial charge in [-0.1, -0.05) is 19.9 Å². The van der Waals surface area contributed by atoms with Crippen LogP contribution in [0.4, 0.5) is 0 Å². The minimum atomic E-state index is 0.529. The van der Waals surface area contributed by atoms with E-state index >= 15 is 0 Å². The van der Waals surface area contributed by atoms with Crippen molar-refractivity contribution in [3.8, 4) is 0 Å². The first-order valence-corrected chi connectivity index (χ1v) is 7.49. The number of hydrogen-bond donors (Lipinski definition) is 2. The molecule has 2 aromatic heterocycles. The normalized spacial score (nSPS) is 12.2. The summed E-state index contributed by atoms with van der Waals surface area (Å²) in [5, 5.41) is 11.5. The Balaban J connectivity index is 1.74. The van der Waals surface area contributed by atoms with E-state index in [1.165, 1.54) is 0 Å². The Kier molecular flexibility index (Phi) is 5.54. The fraction of sp³-hybridized carbons (Fsp3) is 0.533. The van der Waals surface area contributed by atoms with Gasteiger partial charge in [-0.25, -0.2) is 0 Å². The molecule has 0 saturated heterocycles. The van der Waals surface area contributed by atoms with Crippen molar-refractivity contribution < 1.29 is 0 Å². The number of fused-ring (bicyclic) bond motifs is 1. The smallest absolute Gasteiger partial charge is 0.188 e. The van der Waals surface area contributed by atoms with Crippen LogP contribution in [0, 0.1) is 5.92 Å². The summed E-state index contributed by atoms with van der Waals surface area (Å²) < 4.78 is 2.01. The maximum absolute atomic E-state index is 5.82. The molecule has 0 fully saturated rings. The number of hydrogen-bond acceptors (Lipinski definition) is 3. The first kappa shape index (κ1) is 15.3. The lowest BCUT2D eigenvalue weighted by molar-refractivity contribution is 0.576. The van der Waals surface area contributed by atoms with Gasteiger partial charge < -0.3 is 11.1 Å². The van der Waals surface area contributed by atoms with Crippen molar-refractivity contribution in [2.75, 3.05) is 13.1 Å². The average Bonchev–Trinajstić information content (AvgIpc) is 2.86. The summed E-state index contributed by atoms with van der Waals surface area (Å²) in [6, 6.07) is 5.89. The van der Waals surface area contributed by atoms with Crippen LogP contribution < -0.4 is 11.1 Å². The van der Waals surface area contributed by atoms with Gasteiger partial charge in [0.2, 0.25) is 0 Å². The number of guanidine groups is 1. The Hall–Kier alpha value is -2.11. The second-order valence-electron chi connectivity index (χ2n) is 5.52. The minimum Gasteiger partial charge on any atom is -0.370 e. The molecular formula is C15H24N6. The maximum Gasteiger partial charge on any atom is 0.188 e.